The molecule has 1 aliphatic heterocycles. The van der Waals surface area contributed by atoms with Gasteiger partial charge in [-0.3, -0.25) is 9.56 Å². The standard InChI is InChI=1S/C32H29BN2/c1-23-21-24(2)32(25(3)22-23)33(30-19-11-17-28(34-30)26-13-7-5-8-14-26)31-20-12-18-29(35(31)4)27-15-9-6-10-16-27/h5-22H,4H2,1-3H3. The molecule has 2 heterocycles. The van der Waals surface area contributed by atoms with E-state index in [-0.39, 0.29) is 6.71 Å². The first kappa shape index (κ1) is 22.7. The Morgan fingerprint density at radius 1 is 0.771 bits per heavy atom. The zero-order valence-electron chi connectivity index (χ0n) is 20.6. The van der Waals surface area contributed by atoms with Crippen LogP contribution in [0.2, 0.25) is 0 Å². The van der Waals surface area contributed by atoms with E-state index in [2.05, 4.69) is 129 Å². The van der Waals surface area contributed by atoms with Crippen LogP contribution in [-0.2, 0) is 0 Å². The van der Waals surface area contributed by atoms with Crippen molar-refractivity contribution in [3.05, 3.63) is 137 Å². The lowest BCUT2D eigenvalue weighted by Gasteiger charge is -2.30. The van der Waals surface area contributed by atoms with Crippen molar-refractivity contribution in [3.8, 4) is 11.3 Å². The van der Waals surface area contributed by atoms with Crippen LogP contribution in [-0.4, -0.2) is 23.0 Å². The Hall–Kier alpha value is -4.11. The van der Waals surface area contributed by atoms with Crippen LogP contribution >= 0.6 is 0 Å². The van der Waals surface area contributed by atoms with Crippen molar-refractivity contribution in [3.63, 3.8) is 0 Å². The fraction of sp³-hybridized carbons (Fsp3) is 0.0938. The highest BCUT2D eigenvalue weighted by molar-refractivity contribution is 6.89. The van der Waals surface area contributed by atoms with Crippen LogP contribution in [0.15, 0.2) is 109 Å². The molecule has 3 aromatic carbocycles. The molecule has 3 heteroatoms. The summed E-state index contributed by atoms with van der Waals surface area (Å²) in [4.78, 5) is 5.20. The summed E-state index contributed by atoms with van der Waals surface area (Å²) >= 11 is 0. The van der Waals surface area contributed by atoms with Crippen molar-refractivity contribution in [1.82, 2.24) is 4.98 Å². The number of aromatic nitrogens is 1. The first-order valence-electron chi connectivity index (χ1n) is 12.0. The number of nitrogens with zero attached hydrogens (tertiary/aromatic N) is 2. The summed E-state index contributed by atoms with van der Waals surface area (Å²) in [5, 5.41) is 0. The van der Waals surface area contributed by atoms with Crippen LogP contribution in [0.5, 0.6) is 0 Å². The number of rotatable bonds is 5. The van der Waals surface area contributed by atoms with Crippen molar-refractivity contribution >= 4 is 30.2 Å². The number of pyridine rings is 1. The van der Waals surface area contributed by atoms with Crippen LogP contribution < -0.4 is 11.1 Å². The average Bonchev–Trinajstić information content (AvgIpc) is 2.88. The van der Waals surface area contributed by atoms with Gasteiger partial charge in [-0.25, -0.2) is 0 Å². The fourth-order valence-electron chi connectivity index (χ4n) is 5.15. The maximum Gasteiger partial charge on any atom is 0.294 e. The molecule has 2 nitrogen and oxygen atoms in total. The molecule has 0 saturated heterocycles. The van der Waals surface area contributed by atoms with Gasteiger partial charge in [0, 0.05) is 16.7 Å². The maximum atomic E-state index is 5.20. The minimum absolute atomic E-state index is 0.0552. The molecule has 35 heavy (non-hydrogen) atoms. The first-order valence-corrected chi connectivity index (χ1v) is 12.0. The molecule has 4 aromatic rings. The summed E-state index contributed by atoms with van der Waals surface area (Å²) in [6.07, 6.45) is 6.44. The Kier molecular flexibility index (Phi) is 6.24. The second-order valence-electron chi connectivity index (χ2n) is 9.19. The summed E-state index contributed by atoms with van der Waals surface area (Å²) in [6.45, 7) is 11.0. The number of allylic oxidation sites excluding steroid dienone is 2. The largest absolute Gasteiger partial charge is 0.298 e. The molecule has 170 valence electrons. The first-order chi connectivity index (χ1) is 17.0. The number of benzene rings is 3. The van der Waals surface area contributed by atoms with Gasteiger partial charge in [-0.1, -0.05) is 113 Å². The van der Waals surface area contributed by atoms with E-state index in [0.717, 1.165) is 34.1 Å². The summed E-state index contributed by atoms with van der Waals surface area (Å²) in [5.41, 5.74) is 10.4. The third-order valence-electron chi connectivity index (χ3n) is 6.65. The van der Waals surface area contributed by atoms with E-state index in [0.29, 0.717) is 0 Å². The molecule has 0 amide bonds. The molecule has 1 aromatic heterocycles. The van der Waals surface area contributed by atoms with E-state index >= 15 is 0 Å². The number of hydrogen-bond donors (Lipinski definition) is 0. The van der Waals surface area contributed by atoms with Crippen molar-refractivity contribution in [2.24, 2.45) is 0 Å². The summed E-state index contributed by atoms with van der Waals surface area (Å²) in [6, 6.07) is 31.7. The second-order valence-corrected chi connectivity index (χ2v) is 9.19. The van der Waals surface area contributed by atoms with Gasteiger partial charge in [0.05, 0.1) is 18.4 Å². The minimum atomic E-state index is -0.0552. The molecule has 1 aliphatic rings. The summed E-state index contributed by atoms with van der Waals surface area (Å²) < 4.78 is 2.08. The fourth-order valence-corrected chi connectivity index (χ4v) is 5.15. The van der Waals surface area contributed by atoms with E-state index in [4.69, 9.17) is 4.98 Å². The van der Waals surface area contributed by atoms with Crippen LogP contribution in [0.25, 0.3) is 17.0 Å². The highest BCUT2D eigenvalue weighted by Gasteiger charge is 2.37. The van der Waals surface area contributed by atoms with E-state index in [1.807, 2.05) is 12.1 Å². The Labute approximate surface area is 209 Å². The zero-order valence-corrected chi connectivity index (χ0v) is 20.6. The molecule has 0 N–H and O–H groups in total. The topological polar surface area (TPSA) is 15.9 Å². The lowest BCUT2D eigenvalue weighted by Crippen LogP contribution is -2.53. The highest BCUT2D eigenvalue weighted by Crippen LogP contribution is 2.27. The number of hydrogen-bond acceptors (Lipinski definition) is 1. The normalized spacial score (nSPS) is 13.1. The Balaban J connectivity index is 1.66. The van der Waals surface area contributed by atoms with Gasteiger partial charge in [0.2, 0.25) is 0 Å². The SMILES string of the molecule is C=[N+]1C(c2ccccc2)=CC=C[C-]1B(c1cccc(-c2ccccc2)n1)c1c(C)cc(C)cc1C. The van der Waals surface area contributed by atoms with Gasteiger partial charge in [-0.15, -0.1) is 6.08 Å². The third kappa shape index (κ3) is 4.50. The number of aryl methyl sites for hydroxylation is 3. The molecular weight excluding hydrogens is 423 g/mol. The van der Waals surface area contributed by atoms with Crippen molar-refractivity contribution in [1.29, 1.82) is 0 Å². The van der Waals surface area contributed by atoms with Crippen LogP contribution in [0.3, 0.4) is 0 Å². The van der Waals surface area contributed by atoms with Crippen molar-refractivity contribution in [2.75, 3.05) is 0 Å². The molecule has 0 radical (unpaired) electrons. The Bertz CT molecular complexity index is 1410. The van der Waals surface area contributed by atoms with Crippen molar-refractivity contribution in [2.45, 2.75) is 20.8 Å². The predicted octanol–water partition coefficient (Wildman–Crippen LogP) is 5.68. The average molecular weight is 452 g/mol. The van der Waals surface area contributed by atoms with Gasteiger partial charge in [0.1, 0.15) is 5.70 Å². The molecule has 0 aliphatic carbocycles. The molecule has 0 spiro atoms. The van der Waals surface area contributed by atoms with Gasteiger partial charge in [0.25, 0.3) is 6.71 Å². The Morgan fingerprint density at radius 2 is 1.40 bits per heavy atom. The van der Waals surface area contributed by atoms with Gasteiger partial charge < -0.3 is 0 Å². The molecule has 0 fully saturated rings. The smallest absolute Gasteiger partial charge is 0.294 e. The molecule has 0 unspecified atom stereocenters. The van der Waals surface area contributed by atoms with Gasteiger partial charge in [0.15, 0.2) is 0 Å². The Morgan fingerprint density at radius 3 is 2.06 bits per heavy atom. The highest BCUT2D eigenvalue weighted by atomic mass is 15.0. The van der Waals surface area contributed by atoms with E-state index < -0.39 is 0 Å². The monoisotopic (exact) mass is 452 g/mol. The summed E-state index contributed by atoms with van der Waals surface area (Å²) in [7, 11) is 0. The molecule has 5 rings (SSSR count). The lowest BCUT2D eigenvalue weighted by molar-refractivity contribution is -0.382. The van der Waals surface area contributed by atoms with Crippen LogP contribution in [0.1, 0.15) is 22.3 Å². The maximum absolute atomic E-state index is 5.20. The van der Waals surface area contributed by atoms with E-state index in [1.54, 1.807) is 0 Å². The van der Waals surface area contributed by atoms with Gasteiger partial charge in [-0.2, -0.15) is 0 Å². The molecule has 0 bridgehead atoms. The van der Waals surface area contributed by atoms with E-state index in [9.17, 15) is 0 Å². The lowest BCUT2D eigenvalue weighted by atomic mass is 9.35. The minimum Gasteiger partial charge on any atom is -0.298 e. The van der Waals surface area contributed by atoms with E-state index in [1.165, 1.54) is 22.2 Å². The third-order valence-corrected chi connectivity index (χ3v) is 6.65. The molecule has 0 saturated carbocycles. The molecule has 0 atom stereocenters. The van der Waals surface area contributed by atoms with Crippen LogP contribution in [0, 0.1) is 26.7 Å². The van der Waals surface area contributed by atoms with Gasteiger partial charge in [-0.05, 0) is 32.9 Å². The predicted molar refractivity (Wildman–Crippen MR) is 150 cm³/mol. The zero-order chi connectivity index (χ0) is 24.4. The van der Waals surface area contributed by atoms with Crippen LogP contribution in [0.4, 0.5) is 0 Å². The second kappa shape index (κ2) is 9.64. The van der Waals surface area contributed by atoms with Crippen molar-refractivity contribution < 1.29 is 4.58 Å². The summed E-state index contributed by atoms with van der Waals surface area (Å²) in [5.74, 6) is 1.11. The van der Waals surface area contributed by atoms with Gasteiger partial charge >= 0.3 is 0 Å². The quantitative estimate of drug-likeness (QED) is 0.216. The molecular formula is C32H29BN2.